The van der Waals surface area contributed by atoms with Crippen LogP contribution < -0.4 is 15.0 Å². The van der Waals surface area contributed by atoms with Crippen LogP contribution in [0.25, 0.3) is 0 Å². The molecule has 0 amide bonds. The first-order chi connectivity index (χ1) is 12.2. The van der Waals surface area contributed by atoms with E-state index in [0.717, 1.165) is 42.5 Å². The molecule has 2 aliphatic heterocycles. The summed E-state index contributed by atoms with van der Waals surface area (Å²) in [7, 11) is 0. The molecule has 2 aromatic rings. The van der Waals surface area contributed by atoms with E-state index < -0.39 is 0 Å². The molecule has 0 saturated carbocycles. The first kappa shape index (κ1) is 16.3. The van der Waals surface area contributed by atoms with Gasteiger partial charge in [0.25, 0.3) is 0 Å². The Labute approximate surface area is 148 Å². The Kier molecular flexibility index (Phi) is 4.53. The summed E-state index contributed by atoms with van der Waals surface area (Å²) in [6.45, 7) is 7.23. The largest absolute Gasteiger partial charge is 0.437 e. The molecular formula is C19H25N5O. The minimum atomic E-state index is 0.616. The highest BCUT2D eigenvalue weighted by molar-refractivity contribution is 5.51. The first-order valence-corrected chi connectivity index (χ1v) is 9.12. The molecule has 132 valence electrons. The van der Waals surface area contributed by atoms with Crippen LogP contribution in [0.5, 0.6) is 11.6 Å². The van der Waals surface area contributed by atoms with Crippen molar-refractivity contribution in [1.29, 1.82) is 0 Å². The zero-order chi connectivity index (χ0) is 17.2. The molecule has 0 radical (unpaired) electrons. The molecule has 0 spiro atoms. The third-order valence-corrected chi connectivity index (χ3v) is 5.37. The van der Waals surface area contributed by atoms with E-state index in [4.69, 9.17) is 4.74 Å². The molecular weight excluding hydrogens is 314 g/mol. The molecule has 25 heavy (non-hydrogen) atoms. The number of aromatic nitrogens is 3. The highest BCUT2D eigenvalue weighted by atomic mass is 16.5. The molecule has 4 heterocycles. The number of aryl methyl sites for hydroxylation is 1. The average molecular weight is 339 g/mol. The van der Waals surface area contributed by atoms with Gasteiger partial charge in [0.1, 0.15) is 12.1 Å². The van der Waals surface area contributed by atoms with E-state index in [-0.39, 0.29) is 0 Å². The van der Waals surface area contributed by atoms with Gasteiger partial charge < -0.3 is 15.0 Å². The zero-order valence-electron chi connectivity index (χ0n) is 14.9. The summed E-state index contributed by atoms with van der Waals surface area (Å²) in [5.41, 5.74) is 1.85. The number of fused-ring (bicyclic) bond motifs is 1. The highest BCUT2D eigenvalue weighted by Crippen LogP contribution is 2.32. The maximum Gasteiger partial charge on any atom is 0.227 e. The molecule has 1 N–H and O–H groups in total. The van der Waals surface area contributed by atoms with Crippen LogP contribution in [0.4, 0.5) is 5.82 Å². The Morgan fingerprint density at radius 2 is 2.12 bits per heavy atom. The molecule has 2 fully saturated rings. The zero-order valence-corrected chi connectivity index (χ0v) is 14.9. The third kappa shape index (κ3) is 3.31. The molecule has 2 atom stereocenters. The smallest absolute Gasteiger partial charge is 0.227 e. The quantitative estimate of drug-likeness (QED) is 0.928. The van der Waals surface area contributed by atoms with Crippen molar-refractivity contribution >= 4 is 5.82 Å². The van der Waals surface area contributed by atoms with E-state index in [1.165, 1.54) is 19.3 Å². The Morgan fingerprint density at radius 3 is 3.00 bits per heavy atom. The third-order valence-electron chi connectivity index (χ3n) is 5.37. The van der Waals surface area contributed by atoms with Crippen molar-refractivity contribution in [2.75, 3.05) is 24.5 Å². The van der Waals surface area contributed by atoms with Crippen LogP contribution in [0.15, 0.2) is 24.7 Å². The minimum Gasteiger partial charge on any atom is -0.437 e. The van der Waals surface area contributed by atoms with Crippen molar-refractivity contribution < 1.29 is 4.74 Å². The molecule has 2 saturated heterocycles. The molecule has 4 rings (SSSR count). The van der Waals surface area contributed by atoms with Crippen LogP contribution in [0.1, 0.15) is 30.5 Å². The van der Waals surface area contributed by atoms with Gasteiger partial charge in [0.05, 0.1) is 11.3 Å². The summed E-state index contributed by atoms with van der Waals surface area (Å²) in [5.74, 6) is 3.06. The second-order valence-corrected chi connectivity index (χ2v) is 7.01. The lowest BCUT2D eigenvalue weighted by atomic mass is 9.85. The van der Waals surface area contributed by atoms with Crippen LogP contribution in [0.3, 0.4) is 0 Å². The van der Waals surface area contributed by atoms with E-state index in [1.807, 2.05) is 26.0 Å². The van der Waals surface area contributed by atoms with Gasteiger partial charge in [0, 0.05) is 25.3 Å². The fourth-order valence-electron chi connectivity index (χ4n) is 3.97. The van der Waals surface area contributed by atoms with Gasteiger partial charge in [-0.1, -0.05) is 0 Å². The van der Waals surface area contributed by atoms with Gasteiger partial charge in [0.15, 0.2) is 5.75 Å². The van der Waals surface area contributed by atoms with Crippen molar-refractivity contribution in [3.63, 3.8) is 0 Å². The Bertz CT molecular complexity index is 750. The fourth-order valence-corrected chi connectivity index (χ4v) is 3.97. The SMILES string of the molecule is Cc1ncccc1Oc1ncnc(N2CC[C@@H]3NCCC[C@@H]3C2)c1C. The normalized spacial score (nSPS) is 23.2. The van der Waals surface area contributed by atoms with Crippen molar-refractivity contribution in [3.8, 4) is 11.6 Å². The van der Waals surface area contributed by atoms with Crippen molar-refractivity contribution in [2.45, 2.75) is 39.2 Å². The second kappa shape index (κ2) is 6.96. The van der Waals surface area contributed by atoms with Crippen LogP contribution in [-0.2, 0) is 0 Å². The summed E-state index contributed by atoms with van der Waals surface area (Å²) >= 11 is 0. The predicted octanol–water partition coefficient (Wildman–Crippen LogP) is 2.86. The Balaban J connectivity index is 1.56. The first-order valence-electron chi connectivity index (χ1n) is 9.12. The molecule has 0 unspecified atom stereocenters. The van der Waals surface area contributed by atoms with Gasteiger partial charge in [-0.05, 0) is 57.7 Å². The Morgan fingerprint density at radius 1 is 1.20 bits per heavy atom. The molecule has 2 aromatic heterocycles. The van der Waals surface area contributed by atoms with E-state index >= 15 is 0 Å². The van der Waals surface area contributed by atoms with Gasteiger partial charge in [-0.2, -0.15) is 0 Å². The number of nitrogens with zero attached hydrogens (tertiary/aromatic N) is 4. The van der Waals surface area contributed by atoms with Gasteiger partial charge >= 0.3 is 0 Å². The van der Waals surface area contributed by atoms with E-state index in [0.29, 0.717) is 17.8 Å². The molecule has 6 heteroatoms. The number of anilines is 1. The maximum atomic E-state index is 6.03. The molecule has 0 bridgehead atoms. The predicted molar refractivity (Wildman–Crippen MR) is 97.2 cm³/mol. The van der Waals surface area contributed by atoms with Gasteiger partial charge in [-0.15, -0.1) is 0 Å². The summed E-state index contributed by atoms with van der Waals surface area (Å²) in [5, 5.41) is 3.67. The number of nitrogens with one attached hydrogen (secondary N) is 1. The van der Waals surface area contributed by atoms with E-state index in [2.05, 4.69) is 25.2 Å². The van der Waals surface area contributed by atoms with E-state index in [9.17, 15) is 0 Å². The minimum absolute atomic E-state index is 0.616. The maximum absolute atomic E-state index is 6.03. The van der Waals surface area contributed by atoms with Crippen LogP contribution in [-0.4, -0.2) is 40.6 Å². The number of pyridine rings is 1. The summed E-state index contributed by atoms with van der Waals surface area (Å²) in [6, 6.07) is 4.46. The lowest BCUT2D eigenvalue weighted by Gasteiger charge is -2.42. The Hall–Kier alpha value is -2.21. The topological polar surface area (TPSA) is 63.2 Å². The average Bonchev–Trinajstić information content (AvgIpc) is 2.65. The monoisotopic (exact) mass is 339 g/mol. The highest BCUT2D eigenvalue weighted by Gasteiger charge is 2.32. The molecule has 6 nitrogen and oxygen atoms in total. The van der Waals surface area contributed by atoms with Crippen molar-refractivity contribution in [3.05, 3.63) is 35.9 Å². The lowest BCUT2D eigenvalue weighted by Crippen LogP contribution is -2.52. The fraction of sp³-hybridized carbons (Fsp3) is 0.526. The van der Waals surface area contributed by atoms with Gasteiger partial charge in [0.2, 0.25) is 5.88 Å². The second-order valence-electron chi connectivity index (χ2n) is 7.01. The number of piperidine rings is 2. The lowest BCUT2D eigenvalue weighted by molar-refractivity contribution is 0.243. The van der Waals surface area contributed by atoms with Crippen LogP contribution >= 0.6 is 0 Å². The van der Waals surface area contributed by atoms with Crippen molar-refractivity contribution in [1.82, 2.24) is 20.3 Å². The van der Waals surface area contributed by atoms with Crippen molar-refractivity contribution in [2.24, 2.45) is 5.92 Å². The summed E-state index contributed by atoms with van der Waals surface area (Å²) < 4.78 is 6.03. The molecule has 0 aliphatic carbocycles. The standard InChI is InChI=1S/C19H25N5O/c1-13-18(24-10-7-16-15(11-24)5-3-9-21-16)22-12-23-19(13)25-17-6-4-8-20-14(17)2/h4,6,8,12,15-16,21H,3,5,7,9-11H2,1-2H3/t15-,16+/m1/s1. The summed E-state index contributed by atoms with van der Waals surface area (Å²) in [6.07, 6.45) is 7.12. The summed E-state index contributed by atoms with van der Waals surface area (Å²) in [4.78, 5) is 15.6. The molecule has 2 aliphatic rings. The molecule has 0 aromatic carbocycles. The van der Waals surface area contributed by atoms with Gasteiger partial charge in [-0.25, -0.2) is 9.97 Å². The number of rotatable bonds is 3. The number of hydrogen-bond donors (Lipinski definition) is 1. The number of hydrogen-bond acceptors (Lipinski definition) is 6. The van der Waals surface area contributed by atoms with Crippen LogP contribution in [0, 0.1) is 19.8 Å². The van der Waals surface area contributed by atoms with Gasteiger partial charge in [-0.3, -0.25) is 4.98 Å². The van der Waals surface area contributed by atoms with Crippen LogP contribution in [0.2, 0.25) is 0 Å². The number of ether oxygens (including phenoxy) is 1. The van der Waals surface area contributed by atoms with E-state index in [1.54, 1.807) is 12.5 Å².